The van der Waals surface area contributed by atoms with Crippen molar-refractivity contribution in [2.24, 2.45) is 0 Å². The molecule has 0 radical (unpaired) electrons. The van der Waals surface area contributed by atoms with Crippen molar-refractivity contribution >= 4 is 28.0 Å². The standard InChI is InChI=1S/C25H24FN7O/c1-16(24-31-19-11-10-17(26)13-20(19)33(24)18-7-3-2-4-8-18)30-23-22-25(28-14-27-23)32(15-29-22)21-9-5-6-12-34-21/h2-4,7-8,10-11,13-16,21H,5-6,9,12H2,1H3,(H,27,28,30)/t16-,21?/m0/s1. The van der Waals surface area contributed by atoms with Crippen molar-refractivity contribution in [3.8, 4) is 5.69 Å². The molecule has 1 saturated heterocycles. The van der Waals surface area contributed by atoms with E-state index in [1.807, 2.05) is 46.4 Å². The number of fused-ring (bicyclic) bond motifs is 2. The maximum atomic E-state index is 14.1. The van der Waals surface area contributed by atoms with Crippen molar-refractivity contribution in [1.29, 1.82) is 0 Å². The van der Waals surface area contributed by atoms with Crippen LogP contribution in [0.2, 0.25) is 0 Å². The van der Waals surface area contributed by atoms with Crippen molar-refractivity contribution in [3.05, 3.63) is 72.8 Å². The second-order valence-corrected chi connectivity index (χ2v) is 8.51. The number of imidazole rings is 2. The highest BCUT2D eigenvalue weighted by Crippen LogP contribution is 2.31. The van der Waals surface area contributed by atoms with Crippen molar-refractivity contribution < 1.29 is 9.13 Å². The number of para-hydroxylation sites is 1. The maximum Gasteiger partial charge on any atom is 0.167 e. The number of rotatable bonds is 5. The molecule has 1 aliphatic heterocycles. The lowest BCUT2D eigenvalue weighted by Crippen LogP contribution is -2.18. The van der Waals surface area contributed by atoms with Gasteiger partial charge in [-0.25, -0.2) is 24.3 Å². The van der Waals surface area contributed by atoms with Gasteiger partial charge < -0.3 is 10.1 Å². The predicted octanol–water partition coefficient (Wildman–Crippen LogP) is 5.18. The Morgan fingerprint density at radius 3 is 2.79 bits per heavy atom. The van der Waals surface area contributed by atoms with Gasteiger partial charge in [-0.3, -0.25) is 9.13 Å². The van der Waals surface area contributed by atoms with Gasteiger partial charge in [0.1, 0.15) is 24.2 Å². The van der Waals surface area contributed by atoms with E-state index >= 15 is 0 Å². The molecule has 0 saturated carbocycles. The normalized spacial score (nSPS) is 17.3. The average Bonchev–Trinajstić information content (AvgIpc) is 3.47. The lowest BCUT2D eigenvalue weighted by molar-refractivity contribution is -0.0298. The van der Waals surface area contributed by atoms with Gasteiger partial charge in [-0.2, -0.15) is 0 Å². The van der Waals surface area contributed by atoms with Crippen LogP contribution in [-0.2, 0) is 4.74 Å². The minimum Gasteiger partial charge on any atom is -0.358 e. The summed E-state index contributed by atoms with van der Waals surface area (Å²) in [5.41, 5.74) is 3.75. The van der Waals surface area contributed by atoms with Crippen molar-refractivity contribution in [3.63, 3.8) is 0 Å². The molecular formula is C25H24FN7O. The number of hydrogen-bond donors (Lipinski definition) is 1. The lowest BCUT2D eigenvalue weighted by atomic mass is 10.2. The summed E-state index contributed by atoms with van der Waals surface area (Å²) in [5, 5.41) is 3.46. The highest BCUT2D eigenvalue weighted by Gasteiger charge is 2.23. The van der Waals surface area contributed by atoms with Crippen LogP contribution in [-0.4, -0.2) is 35.7 Å². The molecule has 8 nitrogen and oxygen atoms in total. The number of nitrogens with one attached hydrogen (secondary N) is 1. The number of hydrogen-bond acceptors (Lipinski definition) is 6. The van der Waals surface area contributed by atoms with Crippen molar-refractivity contribution in [1.82, 2.24) is 29.1 Å². The average molecular weight is 458 g/mol. The summed E-state index contributed by atoms with van der Waals surface area (Å²) in [6, 6.07) is 14.2. The number of anilines is 1. The predicted molar refractivity (Wildman–Crippen MR) is 127 cm³/mol. The third-order valence-corrected chi connectivity index (χ3v) is 6.22. The number of benzene rings is 2. The van der Waals surface area contributed by atoms with Gasteiger partial charge in [-0.15, -0.1) is 0 Å². The first kappa shape index (κ1) is 20.7. The monoisotopic (exact) mass is 457 g/mol. The highest BCUT2D eigenvalue weighted by atomic mass is 19.1. The van der Waals surface area contributed by atoms with Crippen LogP contribution in [0.1, 0.15) is 44.3 Å². The van der Waals surface area contributed by atoms with Crippen LogP contribution in [0.4, 0.5) is 10.2 Å². The fraction of sp³-hybridized carbons (Fsp3) is 0.280. The summed E-state index contributed by atoms with van der Waals surface area (Å²) in [6.45, 7) is 2.75. The molecule has 1 unspecified atom stereocenters. The Bertz CT molecular complexity index is 1460. The Morgan fingerprint density at radius 1 is 1.09 bits per heavy atom. The zero-order valence-corrected chi connectivity index (χ0v) is 18.7. The van der Waals surface area contributed by atoms with E-state index in [0.29, 0.717) is 16.9 Å². The molecule has 4 heterocycles. The molecule has 172 valence electrons. The summed E-state index contributed by atoms with van der Waals surface area (Å²) >= 11 is 0. The molecule has 0 spiro atoms. The third-order valence-electron chi connectivity index (χ3n) is 6.22. The maximum absolute atomic E-state index is 14.1. The molecule has 0 bridgehead atoms. The fourth-order valence-corrected chi connectivity index (χ4v) is 4.59. The fourth-order valence-electron chi connectivity index (χ4n) is 4.59. The van der Waals surface area contributed by atoms with Crippen LogP contribution in [0.5, 0.6) is 0 Å². The summed E-state index contributed by atoms with van der Waals surface area (Å²) in [4.78, 5) is 18.4. The minimum absolute atomic E-state index is 0.0592. The van der Waals surface area contributed by atoms with Gasteiger partial charge in [-0.05, 0) is 50.5 Å². The SMILES string of the molecule is C[C@H](Nc1ncnc2c1ncn2C1CCCCO1)c1nc2ccc(F)cc2n1-c1ccccc1. The molecular weight excluding hydrogens is 433 g/mol. The molecule has 34 heavy (non-hydrogen) atoms. The Balaban J connectivity index is 1.40. The van der Waals surface area contributed by atoms with E-state index < -0.39 is 0 Å². The van der Waals surface area contributed by atoms with Crippen LogP contribution in [0.25, 0.3) is 27.9 Å². The van der Waals surface area contributed by atoms with E-state index in [-0.39, 0.29) is 18.1 Å². The molecule has 0 amide bonds. The van der Waals surface area contributed by atoms with Crippen LogP contribution in [0, 0.1) is 5.82 Å². The quantitative estimate of drug-likeness (QED) is 0.392. The molecule has 1 N–H and O–H groups in total. The molecule has 1 fully saturated rings. The molecule has 1 aliphatic rings. The molecule has 2 aromatic carbocycles. The summed E-state index contributed by atoms with van der Waals surface area (Å²) in [7, 11) is 0. The van der Waals surface area contributed by atoms with Gasteiger partial charge >= 0.3 is 0 Å². The third kappa shape index (κ3) is 3.58. The number of aromatic nitrogens is 6. The number of ether oxygens (including phenoxy) is 1. The second kappa shape index (κ2) is 8.49. The minimum atomic E-state index is -0.301. The molecule has 0 aliphatic carbocycles. The summed E-state index contributed by atoms with van der Waals surface area (Å²) in [5.74, 6) is 1.06. The topological polar surface area (TPSA) is 82.7 Å². The van der Waals surface area contributed by atoms with Gasteiger partial charge in [0.25, 0.3) is 0 Å². The number of nitrogens with zero attached hydrogens (tertiary/aromatic N) is 6. The summed E-state index contributed by atoms with van der Waals surface area (Å²) < 4.78 is 24.0. The van der Waals surface area contributed by atoms with E-state index in [9.17, 15) is 4.39 Å². The van der Waals surface area contributed by atoms with Gasteiger partial charge in [0.2, 0.25) is 0 Å². The first-order valence-electron chi connectivity index (χ1n) is 11.5. The molecule has 9 heteroatoms. The molecule has 6 rings (SSSR count). The lowest BCUT2D eigenvalue weighted by Gasteiger charge is -2.23. The van der Waals surface area contributed by atoms with Crippen molar-refractivity contribution in [2.75, 3.05) is 11.9 Å². The van der Waals surface area contributed by atoms with Crippen molar-refractivity contribution in [2.45, 2.75) is 38.5 Å². The smallest absolute Gasteiger partial charge is 0.167 e. The largest absolute Gasteiger partial charge is 0.358 e. The highest BCUT2D eigenvalue weighted by molar-refractivity contribution is 5.83. The van der Waals surface area contributed by atoms with Gasteiger partial charge in [0, 0.05) is 18.4 Å². The Kier molecular flexibility index (Phi) is 5.18. The molecule has 3 aromatic heterocycles. The molecule has 2 atom stereocenters. The van der Waals surface area contributed by atoms with Crippen LogP contribution in [0.3, 0.4) is 0 Å². The van der Waals surface area contributed by atoms with Crippen LogP contribution in [0.15, 0.2) is 61.2 Å². The van der Waals surface area contributed by atoms with Crippen LogP contribution < -0.4 is 5.32 Å². The zero-order valence-electron chi connectivity index (χ0n) is 18.7. The number of halogens is 1. The summed E-state index contributed by atoms with van der Waals surface area (Å²) in [6.07, 6.45) is 6.38. The first-order chi connectivity index (χ1) is 16.7. The Hall–Kier alpha value is -3.85. The van der Waals surface area contributed by atoms with E-state index in [4.69, 9.17) is 9.72 Å². The zero-order chi connectivity index (χ0) is 23.1. The van der Waals surface area contributed by atoms with E-state index in [1.54, 1.807) is 12.4 Å². The second-order valence-electron chi connectivity index (χ2n) is 8.51. The molecule has 5 aromatic rings. The van der Waals surface area contributed by atoms with Gasteiger partial charge in [-0.1, -0.05) is 18.2 Å². The van der Waals surface area contributed by atoms with Gasteiger partial charge in [0.05, 0.1) is 23.4 Å². The Morgan fingerprint density at radius 2 is 1.97 bits per heavy atom. The van der Waals surface area contributed by atoms with Gasteiger partial charge in [0.15, 0.2) is 17.0 Å². The Labute approximate surface area is 195 Å². The van der Waals surface area contributed by atoms with Crippen LogP contribution >= 0.6 is 0 Å². The van der Waals surface area contributed by atoms with E-state index in [2.05, 4.69) is 20.3 Å². The van der Waals surface area contributed by atoms with E-state index in [0.717, 1.165) is 48.5 Å². The first-order valence-corrected chi connectivity index (χ1v) is 11.5. The van der Waals surface area contributed by atoms with E-state index in [1.165, 1.54) is 18.5 Å².